The lowest BCUT2D eigenvalue weighted by atomic mass is 10.1. The van der Waals surface area contributed by atoms with Gasteiger partial charge in [0.25, 0.3) is 11.8 Å². The van der Waals surface area contributed by atoms with Crippen LogP contribution in [0.5, 0.6) is 11.6 Å². The number of anilines is 1. The molecule has 0 radical (unpaired) electrons. The van der Waals surface area contributed by atoms with E-state index in [-0.39, 0.29) is 30.1 Å². The molecule has 13 heteroatoms. The molecule has 3 aromatic rings. The van der Waals surface area contributed by atoms with E-state index in [1.165, 1.54) is 17.0 Å². The van der Waals surface area contributed by atoms with Gasteiger partial charge in [-0.3, -0.25) is 14.5 Å². The second kappa shape index (κ2) is 11.5. The fourth-order valence-electron chi connectivity index (χ4n) is 4.22. The van der Waals surface area contributed by atoms with Crippen LogP contribution in [0.3, 0.4) is 0 Å². The molecule has 1 fully saturated rings. The third kappa shape index (κ3) is 6.97. The molecule has 2 amide bonds. The maximum absolute atomic E-state index is 13.6. The van der Waals surface area contributed by atoms with Crippen LogP contribution in [-0.2, 0) is 11.0 Å². The number of piperidine rings is 1. The first kappa shape index (κ1) is 29.4. The smallest absolute Gasteiger partial charge is 0.421 e. The van der Waals surface area contributed by atoms with Gasteiger partial charge >= 0.3 is 12.1 Å². The molecule has 1 aromatic heterocycles. The van der Waals surface area contributed by atoms with Crippen LogP contribution in [0.25, 0.3) is 0 Å². The lowest BCUT2D eigenvalue weighted by Gasteiger charge is -2.33. The number of ether oxygens (including phenoxy) is 1. The highest BCUT2D eigenvalue weighted by molar-refractivity contribution is 6.11. The number of aromatic nitrogens is 1. The van der Waals surface area contributed by atoms with Crippen molar-refractivity contribution in [1.29, 1.82) is 0 Å². The van der Waals surface area contributed by atoms with Crippen LogP contribution in [0.1, 0.15) is 44.7 Å². The number of hydrogen-bond acceptors (Lipinski definition) is 5. The number of halogens is 5. The van der Waals surface area contributed by atoms with Crippen LogP contribution in [0.2, 0.25) is 0 Å². The zero-order chi connectivity index (χ0) is 29.9. The summed E-state index contributed by atoms with van der Waals surface area (Å²) in [5, 5.41) is 9.95. The Balaban J connectivity index is 1.71. The summed E-state index contributed by atoms with van der Waals surface area (Å²) in [7, 11) is 0. The molecule has 0 atom stereocenters. The Morgan fingerprint density at radius 2 is 1.71 bits per heavy atom. The third-order valence-electron chi connectivity index (χ3n) is 6.47. The minimum Gasteiger partial charge on any atom is -0.478 e. The number of rotatable bonds is 7. The van der Waals surface area contributed by atoms with Crippen LogP contribution < -0.4 is 9.64 Å². The quantitative estimate of drug-likeness (QED) is 0.356. The number of carbonyl (C=O) groups is 3. The standard InChI is InChI=1S/C28H24F5N3O5/c1-17-4-6-18(7-5-17)25(38)36(16-23(37)35-13-10-27(29,30)11-14-35)22-9-8-19(15-20(22)26(39)40)41-24-21(28(31,32)33)3-2-12-34-24/h2-9,12,15H,10-11,13-14,16H2,1H3,(H,39,40). The lowest BCUT2D eigenvalue weighted by Crippen LogP contribution is -2.48. The number of likely N-dealkylation sites (tertiary alicyclic amines) is 1. The number of carbonyl (C=O) groups excluding carboxylic acids is 2. The van der Waals surface area contributed by atoms with Gasteiger partial charge in [0.1, 0.15) is 17.9 Å². The van der Waals surface area contributed by atoms with Crippen LogP contribution in [0.4, 0.5) is 27.6 Å². The second-order valence-electron chi connectivity index (χ2n) is 9.43. The number of pyridine rings is 1. The molecule has 2 heterocycles. The van der Waals surface area contributed by atoms with Gasteiger partial charge in [0.15, 0.2) is 0 Å². The van der Waals surface area contributed by atoms with Gasteiger partial charge in [0.2, 0.25) is 11.8 Å². The predicted octanol–water partition coefficient (Wildman–Crippen LogP) is 5.80. The van der Waals surface area contributed by atoms with Gasteiger partial charge in [-0.05, 0) is 49.4 Å². The largest absolute Gasteiger partial charge is 0.478 e. The van der Waals surface area contributed by atoms with Gasteiger partial charge in [-0.25, -0.2) is 18.6 Å². The summed E-state index contributed by atoms with van der Waals surface area (Å²) >= 11 is 0. The number of aryl methyl sites for hydroxylation is 1. The zero-order valence-electron chi connectivity index (χ0n) is 21.6. The number of aromatic carboxylic acids is 1. The molecule has 41 heavy (non-hydrogen) atoms. The molecule has 1 N–H and O–H groups in total. The number of carboxylic acid groups (broad SMARTS) is 1. The maximum Gasteiger partial charge on any atom is 0.421 e. The van der Waals surface area contributed by atoms with Crippen LogP contribution >= 0.6 is 0 Å². The fraction of sp³-hybridized carbons (Fsp3) is 0.286. The summed E-state index contributed by atoms with van der Waals surface area (Å²) < 4.78 is 72.7. The lowest BCUT2D eigenvalue weighted by molar-refractivity contribution is -0.139. The van der Waals surface area contributed by atoms with Gasteiger partial charge in [-0.1, -0.05) is 17.7 Å². The summed E-state index contributed by atoms with van der Waals surface area (Å²) in [5.74, 6) is -7.03. The minimum absolute atomic E-state index is 0.119. The normalized spacial score (nSPS) is 14.8. The summed E-state index contributed by atoms with van der Waals surface area (Å²) in [4.78, 5) is 44.6. The van der Waals surface area contributed by atoms with Crippen LogP contribution in [-0.4, -0.2) is 58.3 Å². The van der Waals surface area contributed by atoms with Gasteiger partial charge < -0.3 is 14.7 Å². The molecule has 0 aliphatic carbocycles. The monoisotopic (exact) mass is 577 g/mol. The van der Waals surface area contributed by atoms with E-state index < -0.39 is 66.3 Å². The highest BCUT2D eigenvalue weighted by Crippen LogP contribution is 2.37. The molecule has 1 saturated heterocycles. The molecule has 4 rings (SSSR count). The van der Waals surface area contributed by atoms with Crippen LogP contribution in [0, 0.1) is 6.92 Å². The van der Waals surface area contributed by atoms with Crippen molar-refractivity contribution in [3.8, 4) is 11.6 Å². The van der Waals surface area contributed by atoms with Crippen molar-refractivity contribution < 1.29 is 46.2 Å². The van der Waals surface area contributed by atoms with Gasteiger partial charge in [0.05, 0.1) is 11.3 Å². The molecule has 0 spiro atoms. The van der Waals surface area contributed by atoms with Crippen molar-refractivity contribution in [2.24, 2.45) is 0 Å². The number of amides is 2. The molecule has 0 saturated carbocycles. The highest BCUT2D eigenvalue weighted by Gasteiger charge is 2.37. The second-order valence-corrected chi connectivity index (χ2v) is 9.43. The minimum atomic E-state index is -4.80. The molecule has 0 bridgehead atoms. The molecular weight excluding hydrogens is 553 g/mol. The first-order valence-corrected chi connectivity index (χ1v) is 12.4. The van der Waals surface area contributed by atoms with Crippen molar-refractivity contribution in [2.45, 2.75) is 31.9 Å². The van der Waals surface area contributed by atoms with Gasteiger partial charge in [-0.15, -0.1) is 0 Å². The summed E-state index contributed by atoms with van der Waals surface area (Å²) in [6, 6.07) is 11.2. The molecule has 1 aliphatic rings. The summed E-state index contributed by atoms with van der Waals surface area (Å²) in [6.45, 7) is 0.622. The van der Waals surface area contributed by atoms with Crippen molar-refractivity contribution in [3.63, 3.8) is 0 Å². The molecular formula is C28H24F5N3O5. The average molecular weight is 578 g/mol. The Bertz CT molecular complexity index is 1450. The Labute approximate surface area is 231 Å². The molecule has 0 unspecified atom stereocenters. The first-order chi connectivity index (χ1) is 19.2. The van der Waals surface area contributed by atoms with Crippen molar-refractivity contribution in [3.05, 3.63) is 83.0 Å². The molecule has 216 valence electrons. The van der Waals surface area contributed by atoms with E-state index in [4.69, 9.17) is 4.74 Å². The zero-order valence-corrected chi connectivity index (χ0v) is 21.6. The number of nitrogens with zero attached hydrogens (tertiary/aromatic N) is 3. The van der Waals surface area contributed by atoms with E-state index in [1.807, 2.05) is 0 Å². The molecule has 8 nitrogen and oxygen atoms in total. The molecule has 1 aliphatic heterocycles. The van der Waals surface area contributed by atoms with E-state index in [0.29, 0.717) is 0 Å². The van der Waals surface area contributed by atoms with E-state index in [2.05, 4.69) is 4.98 Å². The average Bonchev–Trinajstić information content (AvgIpc) is 2.91. The Hall–Kier alpha value is -4.55. The van der Waals surface area contributed by atoms with Crippen LogP contribution in [0.15, 0.2) is 60.8 Å². The SMILES string of the molecule is Cc1ccc(C(=O)N(CC(=O)N2CCC(F)(F)CC2)c2ccc(Oc3ncccc3C(F)(F)F)cc2C(=O)O)cc1. The fourth-order valence-corrected chi connectivity index (χ4v) is 4.22. The van der Waals surface area contributed by atoms with Crippen molar-refractivity contribution in [1.82, 2.24) is 9.88 Å². The Kier molecular flexibility index (Phi) is 8.27. The van der Waals surface area contributed by atoms with E-state index in [1.54, 1.807) is 19.1 Å². The third-order valence-corrected chi connectivity index (χ3v) is 6.47. The predicted molar refractivity (Wildman–Crippen MR) is 136 cm³/mol. The van der Waals surface area contributed by atoms with Gasteiger partial charge in [-0.2, -0.15) is 13.2 Å². The van der Waals surface area contributed by atoms with E-state index >= 15 is 0 Å². The number of carboxylic acids is 1. The Morgan fingerprint density at radius 3 is 2.32 bits per heavy atom. The molecule has 2 aromatic carbocycles. The van der Waals surface area contributed by atoms with E-state index in [9.17, 15) is 41.4 Å². The summed E-state index contributed by atoms with van der Waals surface area (Å²) in [6.07, 6.45) is -4.83. The Morgan fingerprint density at radius 1 is 1.05 bits per heavy atom. The number of hydrogen-bond donors (Lipinski definition) is 1. The van der Waals surface area contributed by atoms with Gasteiger partial charge in [0, 0.05) is 37.7 Å². The van der Waals surface area contributed by atoms with E-state index in [0.717, 1.165) is 47.0 Å². The maximum atomic E-state index is 13.6. The van der Waals surface area contributed by atoms with Crippen molar-refractivity contribution in [2.75, 3.05) is 24.5 Å². The number of alkyl halides is 5. The summed E-state index contributed by atoms with van der Waals surface area (Å²) in [5.41, 5.74) is -1.03. The highest BCUT2D eigenvalue weighted by atomic mass is 19.4. The first-order valence-electron chi connectivity index (χ1n) is 12.4. The van der Waals surface area contributed by atoms with Crippen molar-refractivity contribution >= 4 is 23.5 Å². The number of benzene rings is 2. The topological polar surface area (TPSA) is 100 Å².